The van der Waals surface area contributed by atoms with Crippen molar-refractivity contribution in [2.24, 2.45) is 16.8 Å². The number of nitrogens with zero attached hydrogens (tertiary/aromatic N) is 2. The van der Waals surface area contributed by atoms with Gasteiger partial charge in [-0.05, 0) is 43.0 Å². The zero-order valence-electron chi connectivity index (χ0n) is 11.6. The number of oxime groups is 1. The first kappa shape index (κ1) is 14.4. The zero-order valence-corrected chi connectivity index (χ0v) is 11.6. The smallest absolute Gasteiger partial charge is 0.170 e. The molecule has 0 spiro atoms. The van der Waals surface area contributed by atoms with Crippen LogP contribution in [-0.4, -0.2) is 24.6 Å². The molecule has 0 aliphatic rings. The van der Waals surface area contributed by atoms with Crippen LogP contribution in [0.5, 0.6) is 0 Å². The minimum Gasteiger partial charge on any atom is -0.409 e. The van der Waals surface area contributed by atoms with Gasteiger partial charge in [0.2, 0.25) is 0 Å². The zero-order chi connectivity index (χ0) is 13.7. The molecule has 0 saturated heterocycles. The molecule has 1 rings (SSSR count). The number of amidine groups is 1. The van der Waals surface area contributed by atoms with Gasteiger partial charge in [0, 0.05) is 24.8 Å². The highest BCUT2D eigenvalue weighted by Crippen LogP contribution is 2.21. The third kappa shape index (κ3) is 3.65. The lowest BCUT2D eigenvalue weighted by molar-refractivity contribution is 0.318. The third-order valence-corrected chi connectivity index (χ3v) is 3.05. The second-order valence-corrected chi connectivity index (χ2v) is 5.09. The number of hydrogen-bond acceptors (Lipinski definition) is 3. The highest BCUT2D eigenvalue weighted by molar-refractivity contribution is 5.97. The molecule has 4 nitrogen and oxygen atoms in total. The molecule has 4 heteroatoms. The van der Waals surface area contributed by atoms with Gasteiger partial charge < -0.3 is 15.8 Å². The fourth-order valence-electron chi connectivity index (χ4n) is 1.87. The summed E-state index contributed by atoms with van der Waals surface area (Å²) in [7, 11) is 2.09. The standard InChI is InChI=1S/C14H23N3O/c1-10(2)7-8-17(4)13-6-5-12(9-11(13)3)14(15)16-18/h5-6,9-10,18H,7-8H2,1-4H3,(H2,15,16). The first-order valence-corrected chi connectivity index (χ1v) is 6.25. The van der Waals surface area contributed by atoms with Crippen molar-refractivity contribution in [2.75, 3.05) is 18.5 Å². The average Bonchev–Trinajstić information content (AvgIpc) is 2.34. The summed E-state index contributed by atoms with van der Waals surface area (Å²) in [6.07, 6.45) is 1.16. The Morgan fingerprint density at radius 1 is 1.44 bits per heavy atom. The van der Waals surface area contributed by atoms with Gasteiger partial charge in [0.1, 0.15) is 0 Å². The Balaban J connectivity index is 2.85. The second kappa shape index (κ2) is 6.28. The first-order valence-electron chi connectivity index (χ1n) is 6.25. The van der Waals surface area contributed by atoms with Gasteiger partial charge in [-0.1, -0.05) is 19.0 Å². The van der Waals surface area contributed by atoms with Gasteiger partial charge in [-0.25, -0.2) is 0 Å². The summed E-state index contributed by atoms with van der Waals surface area (Å²) in [6.45, 7) is 7.52. The number of aryl methyl sites for hydroxylation is 1. The molecule has 0 atom stereocenters. The highest BCUT2D eigenvalue weighted by Gasteiger charge is 2.08. The predicted octanol–water partition coefficient (Wildman–Crippen LogP) is 2.57. The van der Waals surface area contributed by atoms with Gasteiger partial charge in [0.25, 0.3) is 0 Å². The normalized spacial score (nSPS) is 11.9. The van der Waals surface area contributed by atoms with E-state index in [2.05, 4.69) is 31.0 Å². The van der Waals surface area contributed by atoms with E-state index >= 15 is 0 Å². The van der Waals surface area contributed by atoms with Crippen molar-refractivity contribution < 1.29 is 5.21 Å². The first-order chi connectivity index (χ1) is 8.45. The minimum atomic E-state index is 0.148. The Hall–Kier alpha value is -1.71. The van der Waals surface area contributed by atoms with E-state index in [-0.39, 0.29) is 5.84 Å². The number of benzene rings is 1. The van der Waals surface area contributed by atoms with Crippen molar-refractivity contribution in [1.29, 1.82) is 0 Å². The molecule has 18 heavy (non-hydrogen) atoms. The Bertz CT molecular complexity index is 427. The van der Waals surface area contributed by atoms with E-state index in [1.54, 1.807) is 0 Å². The molecule has 0 bridgehead atoms. The van der Waals surface area contributed by atoms with E-state index in [0.29, 0.717) is 5.92 Å². The molecule has 0 aliphatic heterocycles. The lowest BCUT2D eigenvalue weighted by Gasteiger charge is -2.22. The average molecular weight is 249 g/mol. The van der Waals surface area contributed by atoms with Crippen molar-refractivity contribution in [3.05, 3.63) is 29.3 Å². The van der Waals surface area contributed by atoms with Crippen LogP contribution in [0.1, 0.15) is 31.4 Å². The molecule has 0 aromatic heterocycles. The van der Waals surface area contributed by atoms with Gasteiger partial charge in [-0.3, -0.25) is 0 Å². The maximum atomic E-state index is 8.66. The molecular formula is C14H23N3O. The second-order valence-electron chi connectivity index (χ2n) is 5.09. The maximum Gasteiger partial charge on any atom is 0.170 e. The summed E-state index contributed by atoms with van der Waals surface area (Å²) in [4.78, 5) is 2.24. The monoisotopic (exact) mass is 249 g/mol. The molecular weight excluding hydrogens is 226 g/mol. The maximum absolute atomic E-state index is 8.66. The molecule has 0 aliphatic carbocycles. The van der Waals surface area contributed by atoms with Crippen molar-refractivity contribution in [2.45, 2.75) is 27.2 Å². The van der Waals surface area contributed by atoms with Crippen LogP contribution in [-0.2, 0) is 0 Å². The summed E-state index contributed by atoms with van der Waals surface area (Å²) in [6, 6.07) is 5.84. The predicted molar refractivity (Wildman–Crippen MR) is 76.4 cm³/mol. The van der Waals surface area contributed by atoms with E-state index in [0.717, 1.165) is 24.1 Å². The van der Waals surface area contributed by atoms with Crippen molar-refractivity contribution in [3.63, 3.8) is 0 Å². The van der Waals surface area contributed by atoms with E-state index < -0.39 is 0 Å². The SMILES string of the molecule is Cc1cc(/C(N)=N/O)ccc1N(C)CCC(C)C. The van der Waals surface area contributed by atoms with E-state index in [9.17, 15) is 0 Å². The molecule has 0 saturated carbocycles. The van der Waals surface area contributed by atoms with Crippen LogP contribution >= 0.6 is 0 Å². The Labute approximate surface area is 109 Å². The van der Waals surface area contributed by atoms with Gasteiger partial charge >= 0.3 is 0 Å². The van der Waals surface area contributed by atoms with E-state index in [4.69, 9.17) is 10.9 Å². The van der Waals surface area contributed by atoms with Gasteiger partial charge in [0.15, 0.2) is 5.84 Å². The molecule has 1 aromatic rings. The van der Waals surface area contributed by atoms with Gasteiger partial charge in [-0.2, -0.15) is 0 Å². The summed E-state index contributed by atoms with van der Waals surface area (Å²) in [5.74, 6) is 0.846. The van der Waals surface area contributed by atoms with E-state index in [1.807, 2.05) is 25.1 Å². The summed E-state index contributed by atoms with van der Waals surface area (Å²) in [5.41, 5.74) is 8.64. The Morgan fingerprint density at radius 3 is 2.61 bits per heavy atom. The number of rotatable bonds is 5. The number of nitrogens with two attached hydrogens (primary N) is 1. The number of anilines is 1. The lowest BCUT2D eigenvalue weighted by Crippen LogP contribution is -2.21. The van der Waals surface area contributed by atoms with Crippen LogP contribution in [0.2, 0.25) is 0 Å². The lowest BCUT2D eigenvalue weighted by atomic mass is 10.1. The summed E-state index contributed by atoms with van der Waals surface area (Å²) < 4.78 is 0. The van der Waals surface area contributed by atoms with Crippen LogP contribution < -0.4 is 10.6 Å². The van der Waals surface area contributed by atoms with Crippen LogP contribution in [0.15, 0.2) is 23.4 Å². The Morgan fingerprint density at radius 2 is 2.11 bits per heavy atom. The summed E-state index contributed by atoms with van der Waals surface area (Å²) in [5, 5.41) is 11.7. The molecule has 1 aromatic carbocycles. The van der Waals surface area contributed by atoms with Gasteiger partial charge in [0.05, 0.1) is 0 Å². The molecule has 0 fully saturated rings. The molecule has 0 radical (unpaired) electrons. The molecule has 0 heterocycles. The highest BCUT2D eigenvalue weighted by atomic mass is 16.4. The topological polar surface area (TPSA) is 61.9 Å². The van der Waals surface area contributed by atoms with Gasteiger partial charge in [-0.15, -0.1) is 0 Å². The third-order valence-electron chi connectivity index (χ3n) is 3.05. The fraction of sp³-hybridized carbons (Fsp3) is 0.500. The molecule has 0 amide bonds. The van der Waals surface area contributed by atoms with Crippen LogP contribution in [0.3, 0.4) is 0 Å². The fourth-order valence-corrected chi connectivity index (χ4v) is 1.87. The number of hydrogen-bond donors (Lipinski definition) is 2. The van der Waals surface area contributed by atoms with E-state index in [1.165, 1.54) is 5.69 Å². The molecule has 0 unspecified atom stereocenters. The Kier molecular flexibility index (Phi) is 5.01. The summed E-state index contributed by atoms with van der Waals surface area (Å²) >= 11 is 0. The van der Waals surface area contributed by atoms with Crippen molar-refractivity contribution in [1.82, 2.24) is 0 Å². The minimum absolute atomic E-state index is 0.148. The largest absolute Gasteiger partial charge is 0.409 e. The van der Waals surface area contributed by atoms with Crippen molar-refractivity contribution >= 4 is 11.5 Å². The van der Waals surface area contributed by atoms with Crippen LogP contribution in [0.4, 0.5) is 5.69 Å². The molecule has 100 valence electrons. The van der Waals surface area contributed by atoms with Crippen molar-refractivity contribution in [3.8, 4) is 0 Å². The van der Waals surface area contributed by atoms with Crippen LogP contribution in [0, 0.1) is 12.8 Å². The molecule has 3 N–H and O–H groups in total. The quantitative estimate of drug-likeness (QED) is 0.365. The van der Waals surface area contributed by atoms with Crippen LogP contribution in [0.25, 0.3) is 0 Å².